The van der Waals surface area contributed by atoms with Crippen molar-refractivity contribution >= 4 is 34.5 Å². The summed E-state index contributed by atoms with van der Waals surface area (Å²) < 4.78 is 5.36. The van der Waals surface area contributed by atoms with Gasteiger partial charge in [0.05, 0.1) is 10.9 Å². The summed E-state index contributed by atoms with van der Waals surface area (Å²) in [6.07, 6.45) is 1.15. The molecular formula is C19H10O8. The quantitative estimate of drug-likeness (QED) is 0.516. The van der Waals surface area contributed by atoms with Gasteiger partial charge < -0.3 is 14.6 Å². The maximum absolute atomic E-state index is 12.6. The standard InChI is InChI=1S/C19H10O8/c20-15(18(23)24)10-3-1-9(2-4-10)13-8-27-14-7-11(16(21)19(25)26)5-6-12(14)17(13)22/h1-8H,(H,23,24)(H,25,26). The Kier molecular flexibility index (Phi) is 4.39. The normalized spacial score (nSPS) is 10.5. The lowest BCUT2D eigenvalue weighted by Crippen LogP contribution is -2.13. The monoisotopic (exact) mass is 366 g/mol. The average Bonchev–Trinajstić information content (AvgIpc) is 2.67. The van der Waals surface area contributed by atoms with Crippen molar-refractivity contribution < 1.29 is 33.8 Å². The van der Waals surface area contributed by atoms with Crippen molar-refractivity contribution in [2.75, 3.05) is 0 Å². The largest absolute Gasteiger partial charge is 0.475 e. The molecule has 8 nitrogen and oxygen atoms in total. The van der Waals surface area contributed by atoms with E-state index in [-0.39, 0.29) is 27.7 Å². The summed E-state index contributed by atoms with van der Waals surface area (Å²) in [6.45, 7) is 0. The molecule has 27 heavy (non-hydrogen) atoms. The first-order chi connectivity index (χ1) is 12.8. The molecule has 0 unspecified atom stereocenters. The molecule has 2 aromatic carbocycles. The number of carboxylic acid groups (broad SMARTS) is 2. The van der Waals surface area contributed by atoms with Gasteiger partial charge in [0.1, 0.15) is 11.8 Å². The van der Waals surface area contributed by atoms with Crippen molar-refractivity contribution in [3.05, 3.63) is 70.1 Å². The highest BCUT2D eigenvalue weighted by Gasteiger charge is 2.18. The fraction of sp³-hybridized carbons (Fsp3) is 0. The first kappa shape index (κ1) is 17.7. The van der Waals surface area contributed by atoms with Crippen LogP contribution in [0.25, 0.3) is 22.1 Å². The Bertz CT molecular complexity index is 1170. The second kappa shape index (κ2) is 6.68. The lowest BCUT2D eigenvalue weighted by molar-refractivity contribution is -0.132. The second-order valence-electron chi connectivity index (χ2n) is 5.54. The lowest BCUT2D eigenvalue weighted by Gasteiger charge is -2.05. The van der Waals surface area contributed by atoms with E-state index in [1.807, 2.05) is 0 Å². The van der Waals surface area contributed by atoms with Crippen molar-refractivity contribution in [3.63, 3.8) is 0 Å². The molecule has 2 N–H and O–H groups in total. The van der Waals surface area contributed by atoms with Crippen molar-refractivity contribution in [2.45, 2.75) is 0 Å². The molecule has 8 heteroatoms. The maximum atomic E-state index is 12.6. The molecule has 0 saturated heterocycles. The molecular weight excluding hydrogens is 356 g/mol. The zero-order valence-corrected chi connectivity index (χ0v) is 13.5. The summed E-state index contributed by atoms with van der Waals surface area (Å²) >= 11 is 0. The average molecular weight is 366 g/mol. The number of hydrogen-bond acceptors (Lipinski definition) is 6. The summed E-state index contributed by atoms with van der Waals surface area (Å²) in [5.74, 6) is -5.39. The Balaban J connectivity index is 2.05. The summed E-state index contributed by atoms with van der Waals surface area (Å²) in [7, 11) is 0. The predicted octanol–water partition coefficient (Wildman–Crippen LogP) is 1.99. The molecule has 0 aliphatic carbocycles. The van der Waals surface area contributed by atoms with Crippen molar-refractivity contribution in [1.29, 1.82) is 0 Å². The molecule has 0 amide bonds. The van der Waals surface area contributed by atoms with E-state index in [0.29, 0.717) is 5.56 Å². The molecule has 0 atom stereocenters. The fourth-order valence-corrected chi connectivity index (χ4v) is 2.52. The molecule has 0 aliphatic rings. The minimum absolute atomic E-state index is 0.0340. The first-order valence-corrected chi connectivity index (χ1v) is 7.51. The van der Waals surface area contributed by atoms with Crippen LogP contribution < -0.4 is 5.43 Å². The lowest BCUT2D eigenvalue weighted by atomic mass is 10.0. The van der Waals surface area contributed by atoms with E-state index in [4.69, 9.17) is 14.6 Å². The number of aliphatic carboxylic acids is 2. The Morgan fingerprint density at radius 1 is 0.778 bits per heavy atom. The molecule has 0 aliphatic heterocycles. The first-order valence-electron chi connectivity index (χ1n) is 7.51. The number of Topliss-reactive ketones (excluding diaryl/α,β-unsaturated/α-hetero) is 2. The van der Waals surface area contributed by atoms with Gasteiger partial charge >= 0.3 is 11.9 Å². The highest BCUT2D eigenvalue weighted by molar-refractivity contribution is 6.40. The van der Waals surface area contributed by atoms with E-state index in [0.717, 1.165) is 6.26 Å². The van der Waals surface area contributed by atoms with Crippen molar-refractivity contribution in [3.8, 4) is 11.1 Å². The molecule has 134 valence electrons. The van der Waals surface area contributed by atoms with Crippen LogP contribution in [0.15, 0.2) is 57.9 Å². The van der Waals surface area contributed by atoms with Crippen LogP contribution in [0.5, 0.6) is 0 Å². The number of rotatable bonds is 5. The van der Waals surface area contributed by atoms with Gasteiger partial charge in [0.15, 0.2) is 5.43 Å². The Labute approximate surface area is 150 Å². The second-order valence-corrected chi connectivity index (χ2v) is 5.54. The third kappa shape index (κ3) is 3.23. The Morgan fingerprint density at radius 2 is 1.33 bits per heavy atom. The number of benzene rings is 2. The zero-order chi connectivity index (χ0) is 19.7. The third-order valence-corrected chi connectivity index (χ3v) is 3.88. The SMILES string of the molecule is O=C(O)C(=O)c1ccc(-c2coc3cc(C(=O)C(=O)O)ccc3c2=O)cc1. The molecule has 3 aromatic rings. The minimum atomic E-state index is -1.62. The number of fused-ring (bicyclic) bond motifs is 1. The van der Waals surface area contributed by atoms with Gasteiger partial charge in [-0.3, -0.25) is 14.4 Å². The van der Waals surface area contributed by atoms with Crippen LogP contribution in [0.3, 0.4) is 0 Å². The molecule has 1 aromatic heterocycles. The topological polar surface area (TPSA) is 139 Å². The van der Waals surface area contributed by atoms with Crippen LogP contribution in [0.1, 0.15) is 20.7 Å². The van der Waals surface area contributed by atoms with Crippen LogP contribution in [0.4, 0.5) is 0 Å². The number of hydrogen-bond donors (Lipinski definition) is 2. The smallest absolute Gasteiger partial charge is 0.377 e. The van der Waals surface area contributed by atoms with Gasteiger partial charge in [-0.1, -0.05) is 24.3 Å². The Hall–Kier alpha value is -4.07. The number of carbonyl (C=O) groups is 4. The van der Waals surface area contributed by atoms with Gasteiger partial charge in [-0.15, -0.1) is 0 Å². The fourth-order valence-electron chi connectivity index (χ4n) is 2.52. The maximum Gasteiger partial charge on any atom is 0.377 e. The van der Waals surface area contributed by atoms with Gasteiger partial charge in [-0.05, 0) is 23.8 Å². The van der Waals surface area contributed by atoms with Crippen molar-refractivity contribution in [1.82, 2.24) is 0 Å². The molecule has 0 saturated carbocycles. The van der Waals surface area contributed by atoms with E-state index in [1.165, 1.54) is 42.5 Å². The third-order valence-electron chi connectivity index (χ3n) is 3.88. The highest BCUT2D eigenvalue weighted by atomic mass is 16.4. The van der Waals surface area contributed by atoms with Gasteiger partial charge in [-0.25, -0.2) is 9.59 Å². The summed E-state index contributed by atoms with van der Waals surface area (Å²) in [5.41, 5.74) is 0.0273. The van der Waals surface area contributed by atoms with E-state index in [9.17, 15) is 24.0 Å². The van der Waals surface area contributed by atoms with E-state index < -0.39 is 28.9 Å². The van der Waals surface area contributed by atoms with Gasteiger partial charge in [0.25, 0.3) is 11.6 Å². The van der Waals surface area contributed by atoms with Gasteiger partial charge in [-0.2, -0.15) is 0 Å². The van der Waals surface area contributed by atoms with Crippen LogP contribution in [-0.4, -0.2) is 33.7 Å². The van der Waals surface area contributed by atoms with Gasteiger partial charge in [0.2, 0.25) is 0 Å². The minimum Gasteiger partial charge on any atom is -0.475 e. The van der Waals surface area contributed by atoms with Gasteiger partial charge in [0, 0.05) is 11.1 Å². The highest BCUT2D eigenvalue weighted by Crippen LogP contribution is 2.21. The molecule has 1 heterocycles. The number of carbonyl (C=O) groups excluding carboxylic acids is 2. The van der Waals surface area contributed by atoms with Crippen LogP contribution in [-0.2, 0) is 9.59 Å². The van der Waals surface area contributed by atoms with E-state index >= 15 is 0 Å². The van der Waals surface area contributed by atoms with Crippen LogP contribution >= 0.6 is 0 Å². The van der Waals surface area contributed by atoms with Crippen molar-refractivity contribution in [2.24, 2.45) is 0 Å². The molecule has 0 fully saturated rings. The predicted molar refractivity (Wildman–Crippen MR) is 91.9 cm³/mol. The molecule has 0 radical (unpaired) electrons. The summed E-state index contributed by atoms with van der Waals surface area (Å²) in [6, 6.07) is 9.07. The summed E-state index contributed by atoms with van der Waals surface area (Å²) in [4.78, 5) is 57.0. The molecule has 0 bridgehead atoms. The summed E-state index contributed by atoms with van der Waals surface area (Å²) in [5, 5.41) is 17.6. The molecule has 0 spiro atoms. The van der Waals surface area contributed by atoms with Crippen LogP contribution in [0, 0.1) is 0 Å². The van der Waals surface area contributed by atoms with E-state index in [2.05, 4.69) is 0 Å². The van der Waals surface area contributed by atoms with Crippen LogP contribution in [0.2, 0.25) is 0 Å². The number of carboxylic acids is 2. The van der Waals surface area contributed by atoms with E-state index in [1.54, 1.807) is 0 Å². The molecule has 3 rings (SSSR count). The number of ketones is 2. The zero-order valence-electron chi connectivity index (χ0n) is 13.5. The Morgan fingerprint density at radius 3 is 1.93 bits per heavy atom.